The second kappa shape index (κ2) is 7.77. The van der Waals surface area contributed by atoms with Crippen LogP contribution in [0.5, 0.6) is 0 Å². The Hall–Kier alpha value is -0.240. The van der Waals surface area contributed by atoms with Crippen molar-refractivity contribution < 1.29 is 37.5 Å². The fraction of sp³-hybridized carbons (Fsp3) is 0.786. The lowest BCUT2D eigenvalue weighted by Gasteiger charge is -2.68. The van der Waals surface area contributed by atoms with Crippen LogP contribution in [0.1, 0.15) is 92.2 Å². The summed E-state index contributed by atoms with van der Waals surface area (Å²) in [5.74, 6) is -2.56. The molecule has 1 aromatic rings. The molecule has 8 aliphatic rings. The minimum absolute atomic E-state index is 0.427. The normalized spacial score (nSPS) is 56.1. The van der Waals surface area contributed by atoms with Gasteiger partial charge in [-0.2, -0.15) is 0 Å². The molecule has 0 unspecified atom stereocenters. The number of ether oxygens (including phenoxy) is 6. The molecule has 8 aliphatic heterocycles. The van der Waals surface area contributed by atoms with Crippen molar-refractivity contribution in [3.63, 3.8) is 0 Å². The molecule has 1 aromatic carbocycles. The zero-order valence-electron chi connectivity index (χ0n) is 23.7. The van der Waals surface area contributed by atoms with Gasteiger partial charge in [-0.3, -0.25) is 0 Å². The highest BCUT2D eigenvalue weighted by Gasteiger charge is 2.73. The van der Waals surface area contributed by atoms with Crippen LogP contribution in [0.3, 0.4) is 0 Å². The smallest absolute Gasteiger partial charge is 0.173 e. The van der Waals surface area contributed by atoms with Crippen LogP contribution in [0.25, 0.3) is 0 Å². The van der Waals surface area contributed by atoms with Crippen LogP contribution in [-0.4, -0.2) is 44.5 Å². The maximum Gasteiger partial charge on any atom is 0.173 e. The molecule has 8 atom stereocenters. The molecular weight excluding hydrogens is 526 g/mol. The van der Waals surface area contributed by atoms with E-state index in [1.807, 2.05) is 27.7 Å². The molecule has 0 N–H and O–H groups in total. The first-order valence-electron chi connectivity index (χ1n) is 13.6. The lowest BCUT2D eigenvalue weighted by Crippen LogP contribution is -2.71. The van der Waals surface area contributed by atoms with E-state index in [-0.39, 0.29) is 0 Å². The summed E-state index contributed by atoms with van der Waals surface area (Å²) in [7, 11) is -2.08. The largest absolute Gasteiger partial charge is 0.349 e. The van der Waals surface area contributed by atoms with E-state index < -0.39 is 60.8 Å². The van der Waals surface area contributed by atoms with Crippen LogP contribution in [-0.2, 0) is 50.7 Å². The quantitative estimate of drug-likeness (QED) is 0.342. The van der Waals surface area contributed by atoms with E-state index in [0.717, 1.165) is 11.1 Å². The molecule has 210 valence electrons. The maximum absolute atomic E-state index is 6.74. The van der Waals surface area contributed by atoms with Crippen LogP contribution >= 0.6 is 16.3 Å². The molecule has 8 heterocycles. The average molecular weight is 567 g/mol. The Labute approximate surface area is 228 Å². The summed E-state index contributed by atoms with van der Waals surface area (Å²) in [5, 5.41) is -1.71. The van der Waals surface area contributed by atoms with Gasteiger partial charge in [-0.25, -0.2) is 0 Å². The fourth-order valence-electron chi connectivity index (χ4n) is 8.78. The van der Waals surface area contributed by atoms with Gasteiger partial charge in [0.1, 0.15) is 21.4 Å². The molecule has 38 heavy (non-hydrogen) atoms. The summed E-state index contributed by atoms with van der Waals surface area (Å²) in [5.41, 5.74) is 2.23. The van der Waals surface area contributed by atoms with Gasteiger partial charge >= 0.3 is 0 Å². The predicted molar refractivity (Wildman–Crippen MR) is 142 cm³/mol. The van der Waals surface area contributed by atoms with Gasteiger partial charge in [0.25, 0.3) is 0 Å². The third-order valence-corrected chi connectivity index (χ3v) is 13.9. The van der Waals surface area contributed by atoms with Crippen molar-refractivity contribution in [1.29, 1.82) is 0 Å². The highest BCUT2D eigenvalue weighted by Crippen LogP contribution is 2.78. The first-order chi connectivity index (χ1) is 17.5. The third kappa shape index (κ3) is 3.94. The molecule has 9 rings (SSSR count). The summed E-state index contributed by atoms with van der Waals surface area (Å²) >= 11 is 0. The van der Waals surface area contributed by atoms with Gasteiger partial charge in [0.15, 0.2) is 23.1 Å². The van der Waals surface area contributed by atoms with Crippen LogP contribution in [0.15, 0.2) is 24.3 Å². The van der Waals surface area contributed by atoms with Gasteiger partial charge in [0.2, 0.25) is 0 Å². The predicted octanol–water partition coefficient (Wildman–Crippen LogP) is 6.98. The first-order valence-corrected chi connectivity index (χ1v) is 16.2. The average Bonchev–Trinajstić information content (AvgIpc) is 2.67. The van der Waals surface area contributed by atoms with Crippen molar-refractivity contribution in [2.45, 2.75) is 139 Å². The monoisotopic (exact) mass is 566 g/mol. The van der Waals surface area contributed by atoms with E-state index in [0.29, 0.717) is 38.9 Å². The number of hydrogen-bond donors (Lipinski definition) is 0. The Morgan fingerprint density at radius 2 is 0.816 bits per heavy atom. The van der Waals surface area contributed by atoms with Gasteiger partial charge in [-0.1, -0.05) is 24.3 Å². The minimum Gasteiger partial charge on any atom is -0.349 e. The minimum atomic E-state index is -1.04. The Kier molecular flexibility index (Phi) is 5.45. The van der Waals surface area contributed by atoms with E-state index in [1.165, 1.54) is 0 Å². The van der Waals surface area contributed by atoms with E-state index in [2.05, 4.69) is 52.0 Å². The maximum atomic E-state index is 6.74. The number of rotatable bonds is 6. The Bertz CT molecular complexity index is 998. The van der Waals surface area contributed by atoms with Crippen molar-refractivity contribution in [3.05, 3.63) is 35.4 Å². The standard InChI is InChI=1S/C28H40O8P2/c1-21-15-25(5)34-22(2,31-21)16-26(6,33-21)37(25)29-13-19-11-9-10-12-20(19)14-30-38-27(7)17-23(3)32-24(4,36-27)18-28(38,8)35-23/h9-12H,13-18H2,1-8H3/t21-,22-,23-,24-,25+,26+,27+,28+/m0/s1. The Morgan fingerprint density at radius 1 is 0.526 bits per heavy atom. The molecule has 8 saturated heterocycles. The summed E-state index contributed by atoms with van der Waals surface area (Å²) in [6.45, 7) is 17.7. The summed E-state index contributed by atoms with van der Waals surface area (Å²) < 4.78 is 51.9. The zero-order chi connectivity index (χ0) is 27.0. The van der Waals surface area contributed by atoms with Crippen molar-refractivity contribution in [2.24, 2.45) is 0 Å². The van der Waals surface area contributed by atoms with Crippen molar-refractivity contribution >= 4 is 16.3 Å². The van der Waals surface area contributed by atoms with Gasteiger partial charge < -0.3 is 37.5 Å². The number of hydrogen-bond acceptors (Lipinski definition) is 8. The topological polar surface area (TPSA) is 73.8 Å². The molecule has 8 fully saturated rings. The van der Waals surface area contributed by atoms with Crippen molar-refractivity contribution in [2.75, 3.05) is 0 Å². The molecule has 10 heteroatoms. The summed E-state index contributed by atoms with van der Waals surface area (Å²) in [6, 6.07) is 8.36. The summed E-state index contributed by atoms with van der Waals surface area (Å²) in [6.07, 6.45) is 2.63. The van der Waals surface area contributed by atoms with E-state index in [1.54, 1.807) is 0 Å². The Balaban J connectivity index is 1.08. The highest BCUT2D eigenvalue weighted by atomic mass is 31.1. The Morgan fingerprint density at radius 3 is 1.11 bits per heavy atom. The van der Waals surface area contributed by atoms with Gasteiger partial charge in [0.05, 0.1) is 29.5 Å². The lowest BCUT2D eigenvalue weighted by atomic mass is 9.98. The molecule has 0 radical (unpaired) electrons. The molecule has 8 nitrogen and oxygen atoms in total. The molecule has 0 aromatic heterocycles. The molecule has 0 spiro atoms. The fourth-order valence-corrected chi connectivity index (χ4v) is 15.2. The van der Waals surface area contributed by atoms with E-state index in [4.69, 9.17) is 37.5 Å². The first kappa shape index (κ1) is 26.6. The van der Waals surface area contributed by atoms with Crippen molar-refractivity contribution in [3.8, 4) is 0 Å². The molecule has 0 amide bonds. The molecule has 0 saturated carbocycles. The van der Waals surface area contributed by atoms with Gasteiger partial charge in [-0.05, 0) is 66.5 Å². The van der Waals surface area contributed by atoms with E-state index in [9.17, 15) is 0 Å². The van der Waals surface area contributed by atoms with Crippen LogP contribution < -0.4 is 0 Å². The van der Waals surface area contributed by atoms with Crippen LogP contribution in [0.2, 0.25) is 0 Å². The zero-order valence-corrected chi connectivity index (χ0v) is 25.5. The summed E-state index contributed by atoms with van der Waals surface area (Å²) in [4.78, 5) is 0. The third-order valence-electron chi connectivity index (χ3n) is 8.74. The highest BCUT2D eigenvalue weighted by molar-refractivity contribution is 7.56. The lowest BCUT2D eigenvalue weighted by molar-refractivity contribution is -0.471. The second-order valence-electron chi connectivity index (χ2n) is 13.5. The van der Waals surface area contributed by atoms with Crippen molar-refractivity contribution in [1.82, 2.24) is 0 Å². The SMILES string of the molecule is C[C@@]12C[C@]3(C)O[C@@](C)(C[C@](C)(O1)P3OCc1ccccc1COP1[C@]3(C)C[C@@]4(C)O[C@](C)(C[C@]1(C)O4)O3)O2. The van der Waals surface area contributed by atoms with E-state index >= 15 is 0 Å². The molecular formula is C28H40O8P2. The van der Waals surface area contributed by atoms with Gasteiger partial charge in [-0.15, -0.1) is 0 Å². The van der Waals surface area contributed by atoms with Gasteiger partial charge in [0, 0.05) is 25.7 Å². The number of benzene rings is 1. The molecule has 0 aliphatic carbocycles. The van der Waals surface area contributed by atoms with Crippen LogP contribution in [0.4, 0.5) is 0 Å². The van der Waals surface area contributed by atoms with Crippen LogP contribution in [0, 0.1) is 0 Å². The second-order valence-corrected chi connectivity index (χ2v) is 18.9. The molecule has 8 bridgehead atoms.